The summed E-state index contributed by atoms with van der Waals surface area (Å²) in [6.45, 7) is 1.56. The molecule has 0 fully saturated rings. The summed E-state index contributed by atoms with van der Waals surface area (Å²) in [6.07, 6.45) is 9.40. The molecule has 1 rings (SSSR count). The highest BCUT2D eigenvalue weighted by molar-refractivity contribution is 5.77. The Labute approximate surface area is 71.1 Å². The molecule has 0 saturated carbocycles. The maximum atomic E-state index is 10.4. The van der Waals surface area contributed by atoms with Crippen LogP contribution in [0, 0.1) is 5.92 Å². The first-order valence-electron chi connectivity index (χ1n) is 3.81. The van der Waals surface area contributed by atoms with Gasteiger partial charge in [0.05, 0.1) is 0 Å². The molecule has 0 aromatic heterocycles. The Kier molecular flexibility index (Phi) is 2.80. The van der Waals surface area contributed by atoms with E-state index in [9.17, 15) is 4.79 Å². The Morgan fingerprint density at radius 1 is 1.58 bits per heavy atom. The van der Waals surface area contributed by atoms with Crippen molar-refractivity contribution in [1.82, 2.24) is 0 Å². The van der Waals surface area contributed by atoms with Gasteiger partial charge in [-0.3, -0.25) is 4.99 Å². The minimum absolute atomic E-state index is 0.173. The number of rotatable bonds is 3. The molecule has 0 aromatic carbocycles. The first-order chi connectivity index (χ1) is 5.70. The third-order valence-corrected chi connectivity index (χ3v) is 1.62. The third kappa shape index (κ3) is 2.34. The summed E-state index contributed by atoms with van der Waals surface area (Å²) in [5, 5.41) is 8.51. The third-order valence-electron chi connectivity index (χ3n) is 1.62. The molecule has 0 spiro atoms. The Morgan fingerprint density at radius 2 is 2.17 bits per heavy atom. The van der Waals surface area contributed by atoms with Gasteiger partial charge in [-0.1, -0.05) is 24.3 Å². The number of aliphatic carboxylic acids is 1. The van der Waals surface area contributed by atoms with Crippen LogP contribution < -0.4 is 0 Å². The first-order valence-corrected chi connectivity index (χ1v) is 3.81. The number of carboxylic acids is 1. The molecule has 3 heteroatoms. The highest BCUT2D eigenvalue weighted by atomic mass is 16.4. The molecule has 0 radical (unpaired) electrons. The lowest BCUT2D eigenvalue weighted by Crippen LogP contribution is -2.13. The number of carboxylic acid groups (broad SMARTS) is 1. The molecule has 0 aromatic rings. The van der Waals surface area contributed by atoms with Crippen LogP contribution in [0.5, 0.6) is 0 Å². The summed E-state index contributed by atoms with van der Waals surface area (Å²) < 4.78 is 0. The smallest absolute Gasteiger partial charge is 0.328 e. The van der Waals surface area contributed by atoms with E-state index in [1.165, 1.54) is 0 Å². The van der Waals surface area contributed by atoms with Gasteiger partial charge < -0.3 is 5.11 Å². The lowest BCUT2D eigenvalue weighted by molar-refractivity contribution is -0.137. The Morgan fingerprint density at radius 3 is 2.67 bits per heavy atom. The predicted molar refractivity (Wildman–Crippen MR) is 47.4 cm³/mol. The Balaban J connectivity index is 2.44. The van der Waals surface area contributed by atoms with Crippen LogP contribution in [0.2, 0.25) is 0 Å². The number of nitrogens with zero attached hydrogens (tertiary/aromatic N) is 1. The molecule has 0 bridgehead atoms. The molecular formula is C9H11NO2. The van der Waals surface area contributed by atoms with Crippen molar-refractivity contribution in [1.29, 1.82) is 0 Å². The van der Waals surface area contributed by atoms with Crippen molar-refractivity contribution < 1.29 is 9.90 Å². The van der Waals surface area contributed by atoms with Crippen LogP contribution in [0.25, 0.3) is 0 Å². The second-order valence-corrected chi connectivity index (χ2v) is 2.66. The van der Waals surface area contributed by atoms with Gasteiger partial charge in [0.2, 0.25) is 0 Å². The number of aliphatic imine (C=N–C) groups is 1. The van der Waals surface area contributed by atoms with E-state index in [1.54, 1.807) is 13.1 Å². The van der Waals surface area contributed by atoms with Gasteiger partial charge in [0.1, 0.15) is 6.04 Å². The molecule has 1 N–H and O–H groups in total. The van der Waals surface area contributed by atoms with E-state index in [0.29, 0.717) is 0 Å². The van der Waals surface area contributed by atoms with Crippen LogP contribution >= 0.6 is 0 Å². The van der Waals surface area contributed by atoms with Crippen LogP contribution in [0.3, 0.4) is 0 Å². The zero-order valence-electron chi connectivity index (χ0n) is 6.84. The maximum Gasteiger partial charge on any atom is 0.328 e. The molecule has 3 nitrogen and oxygen atoms in total. The molecule has 64 valence electrons. The molecule has 0 amide bonds. The minimum atomic E-state index is -0.891. The summed E-state index contributed by atoms with van der Waals surface area (Å²) in [5.41, 5.74) is 0. The van der Waals surface area contributed by atoms with Gasteiger partial charge in [-0.15, -0.1) is 0 Å². The maximum absolute atomic E-state index is 10.4. The van der Waals surface area contributed by atoms with Crippen LogP contribution in [-0.4, -0.2) is 23.3 Å². The monoisotopic (exact) mass is 165 g/mol. The molecule has 0 aliphatic heterocycles. The SMILES string of the molecule is C[C@H](N=CC1C=CC=C1)C(=O)O. The zero-order chi connectivity index (χ0) is 8.97. The van der Waals surface area contributed by atoms with Gasteiger partial charge in [0.25, 0.3) is 0 Å². The van der Waals surface area contributed by atoms with Gasteiger partial charge in [-0.05, 0) is 6.92 Å². The molecule has 1 atom stereocenters. The van der Waals surface area contributed by atoms with Crippen molar-refractivity contribution in [3.8, 4) is 0 Å². The van der Waals surface area contributed by atoms with Crippen LogP contribution in [-0.2, 0) is 4.79 Å². The van der Waals surface area contributed by atoms with Crippen LogP contribution in [0.4, 0.5) is 0 Å². The van der Waals surface area contributed by atoms with Gasteiger partial charge in [-0.25, -0.2) is 4.79 Å². The molecule has 12 heavy (non-hydrogen) atoms. The van der Waals surface area contributed by atoms with E-state index in [2.05, 4.69) is 4.99 Å². The highest BCUT2D eigenvalue weighted by Gasteiger charge is 2.07. The summed E-state index contributed by atoms with van der Waals surface area (Å²) in [5.74, 6) is -0.719. The van der Waals surface area contributed by atoms with Gasteiger partial charge in [-0.2, -0.15) is 0 Å². The van der Waals surface area contributed by atoms with Crippen LogP contribution in [0.1, 0.15) is 6.92 Å². The number of hydrogen-bond acceptors (Lipinski definition) is 2. The Bertz CT molecular complexity index is 241. The van der Waals surface area contributed by atoms with Gasteiger partial charge >= 0.3 is 5.97 Å². The van der Waals surface area contributed by atoms with Gasteiger partial charge in [0, 0.05) is 12.1 Å². The van der Waals surface area contributed by atoms with E-state index in [4.69, 9.17) is 5.11 Å². The largest absolute Gasteiger partial charge is 0.480 e. The molecular weight excluding hydrogens is 154 g/mol. The molecule has 0 heterocycles. The predicted octanol–water partition coefficient (Wildman–Crippen LogP) is 1.27. The second kappa shape index (κ2) is 3.85. The second-order valence-electron chi connectivity index (χ2n) is 2.66. The number of hydrogen-bond donors (Lipinski definition) is 1. The van der Waals surface area contributed by atoms with Crippen molar-refractivity contribution in [2.45, 2.75) is 13.0 Å². The van der Waals surface area contributed by atoms with Crippen molar-refractivity contribution in [2.24, 2.45) is 10.9 Å². The average molecular weight is 165 g/mol. The van der Waals surface area contributed by atoms with Crippen molar-refractivity contribution in [3.05, 3.63) is 24.3 Å². The lowest BCUT2D eigenvalue weighted by atomic mass is 10.2. The van der Waals surface area contributed by atoms with E-state index in [-0.39, 0.29) is 5.92 Å². The number of allylic oxidation sites excluding steroid dienone is 4. The fourth-order valence-corrected chi connectivity index (χ4v) is 0.841. The van der Waals surface area contributed by atoms with E-state index < -0.39 is 12.0 Å². The van der Waals surface area contributed by atoms with Crippen molar-refractivity contribution >= 4 is 12.2 Å². The fourth-order valence-electron chi connectivity index (χ4n) is 0.841. The zero-order valence-corrected chi connectivity index (χ0v) is 6.84. The fraction of sp³-hybridized carbons (Fsp3) is 0.333. The lowest BCUT2D eigenvalue weighted by Gasteiger charge is -1.99. The van der Waals surface area contributed by atoms with E-state index in [1.807, 2.05) is 24.3 Å². The standard InChI is InChI=1S/C9H11NO2/c1-7(9(11)12)10-6-8-4-2-3-5-8/h2-8H,1H3,(H,11,12)/t7-/m0/s1. The minimum Gasteiger partial charge on any atom is -0.480 e. The molecule has 1 aliphatic rings. The first kappa shape index (κ1) is 8.71. The van der Waals surface area contributed by atoms with Crippen LogP contribution in [0.15, 0.2) is 29.3 Å². The summed E-state index contributed by atoms with van der Waals surface area (Å²) >= 11 is 0. The molecule has 0 unspecified atom stereocenters. The summed E-state index contributed by atoms with van der Waals surface area (Å²) in [6, 6.07) is -0.646. The highest BCUT2D eigenvalue weighted by Crippen LogP contribution is 2.05. The van der Waals surface area contributed by atoms with Crippen molar-refractivity contribution in [2.75, 3.05) is 0 Å². The Hall–Kier alpha value is -1.38. The van der Waals surface area contributed by atoms with E-state index in [0.717, 1.165) is 0 Å². The average Bonchev–Trinajstić information content (AvgIpc) is 2.51. The van der Waals surface area contributed by atoms with E-state index >= 15 is 0 Å². The summed E-state index contributed by atoms with van der Waals surface area (Å²) in [4.78, 5) is 14.2. The molecule has 1 aliphatic carbocycles. The topological polar surface area (TPSA) is 49.7 Å². The number of carbonyl (C=O) groups is 1. The van der Waals surface area contributed by atoms with Crippen molar-refractivity contribution in [3.63, 3.8) is 0 Å². The normalized spacial score (nSPS) is 19.1. The van der Waals surface area contributed by atoms with Gasteiger partial charge in [0.15, 0.2) is 0 Å². The quantitative estimate of drug-likeness (QED) is 0.640. The summed E-state index contributed by atoms with van der Waals surface area (Å²) in [7, 11) is 0. The molecule has 0 saturated heterocycles.